The monoisotopic (exact) mass is 366 g/mol. The van der Waals surface area contributed by atoms with Gasteiger partial charge >= 0.3 is 0 Å². The molecule has 4 nitrogen and oxygen atoms in total. The number of aromatic nitrogens is 1. The smallest absolute Gasteiger partial charge is 0.228 e. The number of rotatable bonds is 2. The minimum absolute atomic E-state index is 0.0878. The number of benzene rings is 3. The highest BCUT2D eigenvalue weighted by atomic mass is 16.3. The SMILES string of the molecule is O=C1Cc2cc(C3Cc4ccc(-c5nc6ccccc6o5)cc4C3)ccc2N1. The second-order valence-corrected chi connectivity index (χ2v) is 7.72. The van der Waals surface area contributed by atoms with Crippen LogP contribution in [-0.2, 0) is 24.1 Å². The highest BCUT2D eigenvalue weighted by molar-refractivity contribution is 5.99. The van der Waals surface area contributed by atoms with Crippen LogP contribution < -0.4 is 5.32 Å². The van der Waals surface area contributed by atoms with Gasteiger partial charge in [-0.15, -0.1) is 0 Å². The Balaban J connectivity index is 1.31. The molecule has 1 N–H and O–H groups in total. The quantitative estimate of drug-likeness (QED) is 0.550. The average Bonchev–Trinajstić information content (AvgIpc) is 3.41. The Hall–Kier alpha value is -3.40. The molecule has 0 saturated heterocycles. The molecule has 0 saturated carbocycles. The van der Waals surface area contributed by atoms with Gasteiger partial charge in [0.2, 0.25) is 11.8 Å². The lowest BCUT2D eigenvalue weighted by molar-refractivity contribution is -0.115. The van der Waals surface area contributed by atoms with Crippen molar-refractivity contribution >= 4 is 22.7 Å². The summed E-state index contributed by atoms with van der Waals surface area (Å²) in [5.74, 6) is 1.22. The standard InChI is InChI=1S/C24H18N2O2/c27-23-13-19-10-15(7-8-20(19)25-23)17-9-14-5-6-16(11-18(14)12-17)24-26-21-3-1-2-4-22(21)28-24/h1-8,10-11,17H,9,12-13H2,(H,25,27). The third-order valence-corrected chi connectivity index (χ3v) is 5.91. The minimum atomic E-state index is 0.0878. The Morgan fingerprint density at radius 3 is 2.75 bits per heavy atom. The average molecular weight is 366 g/mol. The molecule has 3 aromatic carbocycles. The van der Waals surface area contributed by atoms with Gasteiger partial charge in [0, 0.05) is 11.3 Å². The van der Waals surface area contributed by atoms with Crippen molar-refractivity contribution in [2.45, 2.75) is 25.2 Å². The molecule has 6 rings (SSSR count). The molecule has 1 aromatic heterocycles. The number of hydrogen-bond donors (Lipinski definition) is 1. The fourth-order valence-electron chi connectivity index (χ4n) is 4.49. The van der Waals surface area contributed by atoms with Crippen molar-refractivity contribution in [1.82, 2.24) is 4.98 Å². The molecule has 2 heterocycles. The summed E-state index contributed by atoms with van der Waals surface area (Å²) in [6.07, 6.45) is 2.53. The number of oxazole rings is 1. The molecule has 1 aliphatic heterocycles. The van der Waals surface area contributed by atoms with Gasteiger partial charge < -0.3 is 9.73 Å². The zero-order valence-electron chi connectivity index (χ0n) is 15.2. The van der Waals surface area contributed by atoms with Crippen LogP contribution in [0.1, 0.15) is 28.2 Å². The van der Waals surface area contributed by atoms with E-state index in [1.807, 2.05) is 30.3 Å². The van der Waals surface area contributed by atoms with E-state index in [-0.39, 0.29) is 5.91 Å². The molecular formula is C24H18N2O2. The maximum Gasteiger partial charge on any atom is 0.228 e. The van der Waals surface area contributed by atoms with E-state index < -0.39 is 0 Å². The van der Waals surface area contributed by atoms with Gasteiger partial charge in [-0.25, -0.2) is 4.98 Å². The molecule has 1 atom stereocenters. The van der Waals surface area contributed by atoms with Crippen molar-refractivity contribution in [2.24, 2.45) is 0 Å². The Kier molecular flexibility index (Phi) is 3.24. The number of hydrogen-bond acceptors (Lipinski definition) is 3. The van der Waals surface area contributed by atoms with Gasteiger partial charge in [-0.1, -0.05) is 30.3 Å². The predicted octanol–water partition coefficient (Wildman–Crippen LogP) is 4.87. The van der Waals surface area contributed by atoms with E-state index in [0.29, 0.717) is 18.2 Å². The zero-order valence-corrected chi connectivity index (χ0v) is 15.2. The van der Waals surface area contributed by atoms with Gasteiger partial charge in [0.25, 0.3) is 0 Å². The second kappa shape index (κ2) is 5.80. The van der Waals surface area contributed by atoms with E-state index in [1.165, 1.54) is 16.7 Å². The number of carbonyl (C=O) groups is 1. The summed E-state index contributed by atoms with van der Waals surface area (Å²) < 4.78 is 5.94. The van der Waals surface area contributed by atoms with Gasteiger partial charge in [-0.05, 0) is 71.3 Å². The van der Waals surface area contributed by atoms with E-state index in [9.17, 15) is 4.79 Å². The summed E-state index contributed by atoms with van der Waals surface area (Å²) in [5.41, 5.74) is 8.87. The van der Waals surface area contributed by atoms with Crippen LogP contribution in [0.4, 0.5) is 5.69 Å². The lowest BCUT2D eigenvalue weighted by Crippen LogP contribution is -2.03. The highest BCUT2D eigenvalue weighted by Gasteiger charge is 2.26. The molecule has 0 fully saturated rings. The number of fused-ring (bicyclic) bond motifs is 3. The Morgan fingerprint density at radius 1 is 0.929 bits per heavy atom. The van der Waals surface area contributed by atoms with Gasteiger partial charge in [0.15, 0.2) is 5.58 Å². The van der Waals surface area contributed by atoms with Gasteiger partial charge in [-0.2, -0.15) is 0 Å². The molecule has 1 amide bonds. The van der Waals surface area contributed by atoms with E-state index in [2.05, 4.69) is 40.6 Å². The van der Waals surface area contributed by atoms with E-state index in [0.717, 1.165) is 40.8 Å². The van der Waals surface area contributed by atoms with Gasteiger partial charge in [-0.3, -0.25) is 4.79 Å². The number of nitrogens with one attached hydrogen (secondary N) is 1. The summed E-state index contributed by atoms with van der Waals surface area (Å²) in [7, 11) is 0. The first kappa shape index (κ1) is 15.6. The number of anilines is 1. The van der Waals surface area contributed by atoms with Crippen molar-refractivity contribution < 1.29 is 9.21 Å². The maximum absolute atomic E-state index is 11.6. The lowest BCUT2D eigenvalue weighted by atomic mass is 9.94. The third kappa shape index (κ3) is 2.45. The summed E-state index contributed by atoms with van der Waals surface area (Å²) in [5, 5.41) is 2.91. The van der Waals surface area contributed by atoms with Crippen LogP contribution in [0.3, 0.4) is 0 Å². The normalized spacial score (nSPS) is 17.6. The molecule has 4 heteroatoms. The van der Waals surface area contributed by atoms with E-state index in [1.54, 1.807) is 0 Å². The number of para-hydroxylation sites is 2. The molecular weight excluding hydrogens is 348 g/mol. The molecule has 1 unspecified atom stereocenters. The van der Waals surface area contributed by atoms with Crippen molar-refractivity contribution in [3.63, 3.8) is 0 Å². The number of amides is 1. The molecule has 28 heavy (non-hydrogen) atoms. The van der Waals surface area contributed by atoms with E-state index in [4.69, 9.17) is 4.42 Å². The molecule has 0 bridgehead atoms. The predicted molar refractivity (Wildman–Crippen MR) is 108 cm³/mol. The summed E-state index contributed by atoms with van der Waals surface area (Å²) >= 11 is 0. The fraction of sp³-hybridized carbons (Fsp3) is 0.167. The van der Waals surface area contributed by atoms with Crippen LogP contribution in [0.2, 0.25) is 0 Å². The van der Waals surface area contributed by atoms with Crippen LogP contribution in [-0.4, -0.2) is 10.9 Å². The van der Waals surface area contributed by atoms with Crippen molar-refractivity contribution in [3.8, 4) is 11.5 Å². The summed E-state index contributed by atoms with van der Waals surface area (Å²) in [4.78, 5) is 16.2. The van der Waals surface area contributed by atoms with Gasteiger partial charge in [0.05, 0.1) is 6.42 Å². The number of carbonyl (C=O) groups excluding carboxylic acids is 1. The van der Waals surface area contributed by atoms with Crippen LogP contribution in [0, 0.1) is 0 Å². The van der Waals surface area contributed by atoms with Crippen LogP contribution >= 0.6 is 0 Å². The summed E-state index contributed by atoms with van der Waals surface area (Å²) in [6.45, 7) is 0. The highest BCUT2D eigenvalue weighted by Crippen LogP contribution is 2.38. The third-order valence-electron chi connectivity index (χ3n) is 5.91. The largest absolute Gasteiger partial charge is 0.436 e. The van der Waals surface area contributed by atoms with Crippen molar-refractivity contribution in [2.75, 3.05) is 5.32 Å². The topological polar surface area (TPSA) is 55.1 Å². The molecule has 4 aromatic rings. The van der Waals surface area contributed by atoms with Crippen LogP contribution in [0.5, 0.6) is 0 Å². The molecule has 1 aliphatic carbocycles. The number of nitrogens with zero attached hydrogens (tertiary/aromatic N) is 1. The van der Waals surface area contributed by atoms with Gasteiger partial charge in [0.1, 0.15) is 5.52 Å². The Morgan fingerprint density at radius 2 is 1.82 bits per heavy atom. The second-order valence-electron chi connectivity index (χ2n) is 7.72. The molecule has 0 radical (unpaired) electrons. The van der Waals surface area contributed by atoms with Crippen LogP contribution in [0.25, 0.3) is 22.6 Å². The first-order valence-corrected chi connectivity index (χ1v) is 9.63. The Bertz CT molecular complexity index is 1220. The van der Waals surface area contributed by atoms with Crippen molar-refractivity contribution in [1.29, 1.82) is 0 Å². The molecule has 136 valence electrons. The lowest BCUT2D eigenvalue weighted by Gasteiger charge is -2.11. The Labute approximate surface area is 162 Å². The first-order valence-electron chi connectivity index (χ1n) is 9.63. The fourth-order valence-corrected chi connectivity index (χ4v) is 4.49. The zero-order chi connectivity index (χ0) is 18.7. The first-order chi connectivity index (χ1) is 13.7. The summed E-state index contributed by atoms with van der Waals surface area (Å²) in [6, 6.07) is 20.8. The molecule has 2 aliphatic rings. The minimum Gasteiger partial charge on any atom is -0.436 e. The van der Waals surface area contributed by atoms with Crippen molar-refractivity contribution in [3.05, 3.63) is 82.9 Å². The van der Waals surface area contributed by atoms with E-state index >= 15 is 0 Å². The maximum atomic E-state index is 11.6. The molecule has 0 spiro atoms. The van der Waals surface area contributed by atoms with Crippen LogP contribution in [0.15, 0.2) is 65.1 Å².